The predicted octanol–water partition coefficient (Wildman–Crippen LogP) is 16.5. The molecule has 0 heterocycles. The first-order chi connectivity index (χ1) is 32.0. The van der Waals surface area contributed by atoms with E-state index in [1.165, 1.54) is 122 Å². The topological polar surface area (TPSA) is 95.9 Å². The van der Waals surface area contributed by atoms with E-state index in [1.54, 1.807) is 6.08 Å². The number of nitrogens with one attached hydrogen (secondary N) is 1. The van der Waals surface area contributed by atoms with Crippen LogP contribution in [-0.2, 0) is 14.3 Å². The number of hydrogen-bond acceptors (Lipinski definition) is 5. The zero-order chi connectivity index (χ0) is 47.4. The molecule has 0 fully saturated rings. The molecule has 0 bridgehead atoms. The third kappa shape index (κ3) is 47.1. The Bertz CT molecular complexity index is 1290. The van der Waals surface area contributed by atoms with E-state index in [1.807, 2.05) is 12.2 Å². The molecule has 0 aliphatic rings. The molecule has 0 aromatic carbocycles. The van der Waals surface area contributed by atoms with Gasteiger partial charge in [0.25, 0.3) is 0 Å². The lowest BCUT2D eigenvalue weighted by Crippen LogP contribution is -2.46. The second-order valence-corrected chi connectivity index (χ2v) is 17.9. The van der Waals surface area contributed by atoms with Crippen molar-refractivity contribution in [3.63, 3.8) is 0 Å². The molecule has 0 aliphatic carbocycles. The van der Waals surface area contributed by atoms with Crippen LogP contribution in [0.3, 0.4) is 0 Å². The fourth-order valence-electron chi connectivity index (χ4n) is 7.60. The number of carbonyl (C=O) groups excluding carboxylic acids is 2. The van der Waals surface area contributed by atoms with Gasteiger partial charge in [0.2, 0.25) is 5.91 Å². The SMILES string of the molecule is CC/C=C\C/C=C\C/C=C\C/C=C\C/C=C\C/C=C\C(CC(=O)NC(CO)C(O)CCCCCCCCCCCCCCCCCC)OC(=O)CC/C=C/C/C=C\CCCCCCCC. The summed E-state index contributed by atoms with van der Waals surface area (Å²) in [5, 5.41) is 23.7. The maximum Gasteiger partial charge on any atom is 0.306 e. The van der Waals surface area contributed by atoms with Crippen molar-refractivity contribution in [1.29, 1.82) is 0 Å². The Balaban J connectivity index is 4.79. The standard InChI is InChI=1S/C59H101NO5/c1-4-7-10-13-16-19-22-25-27-29-30-33-35-38-41-44-47-50-55(65-59(64)52-49-46-43-40-37-32-24-21-18-15-12-9-6-3)53-58(63)60-56(54-61)57(62)51-48-45-42-39-36-34-31-28-26-23-20-17-14-11-8-5-2/h7,10,16,19,25,27,30,32-33,37-38,41,43,46-47,50,55-57,61-62H,4-6,8-9,11-15,17-18,20-24,26,28-29,31,34-36,39-40,42,44-45,48-49,51-54H2,1-3H3,(H,60,63)/b10-7-,19-16-,27-25-,33-30-,37-32-,41-38-,46-43+,50-47-. The van der Waals surface area contributed by atoms with E-state index in [0.717, 1.165) is 64.2 Å². The average molecular weight is 904 g/mol. The zero-order valence-electron chi connectivity index (χ0n) is 42.3. The molecule has 0 saturated heterocycles. The highest BCUT2D eigenvalue weighted by molar-refractivity contribution is 5.78. The van der Waals surface area contributed by atoms with E-state index >= 15 is 0 Å². The van der Waals surface area contributed by atoms with Gasteiger partial charge in [0, 0.05) is 6.42 Å². The van der Waals surface area contributed by atoms with Gasteiger partial charge in [-0.2, -0.15) is 0 Å². The van der Waals surface area contributed by atoms with E-state index in [4.69, 9.17) is 4.74 Å². The second kappa shape index (κ2) is 51.8. The highest BCUT2D eigenvalue weighted by Gasteiger charge is 2.23. The van der Waals surface area contributed by atoms with E-state index in [-0.39, 0.29) is 31.3 Å². The summed E-state index contributed by atoms with van der Waals surface area (Å²) in [6.07, 6.45) is 69.4. The molecular formula is C59H101NO5. The average Bonchev–Trinajstić information content (AvgIpc) is 3.30. The molecule has 3 unspecified atom stereocenters. The van der Waals surface area contributed by atoms with Crippen LogP contribution in [0, 0.1) is 0 Å². The summed E-state index contributed by atoms with van der Waals surface area (Å²) in [5.41, 5.74) is 0. The molecule has 65 heavy (non-hydrogen) atoms. The minimum absolute atomic E-state index is 0.0740. The molecule has 372 valence electrons. The number of hydrogen-bond donors (Lipinski definition) is 3. The number of ether oxygens (including phenoxy) is 1. The monoisotopic (exact) mass is 904 g/mol. The van der Waals surface area contributed by atoms with Gasteiger partial charge in [-0.3, -0.25) is 9.59 Å². The van der Waals surface area contributed by atoms with Crippen molar-refractivity contribution in [2.24, 2.45) is 0 Å². The van der Waals surface area contributed by atoms with Crippen LogP contribution in [0.4, 0.5) is 0 Å². The second-order valence-electron chi connectivity index (χ2n) is 17.9. The van der Waals surface area contributed by atoms with Crippen LogP contribution < -0.4 is 5.32 Å². The van der Waals surface area contributed by atoms with Crippen LogP contribution >= 0.6 is 0 Å². The number of carbonyl (C=O) groups is 2. The number of aliphatic hydroxyl groups is 2. The third-order valence-electron chi connectivity index (χ3n) is 11.7. The zero-order valence-corrected chi connectivity index (χ0v) is 42.3. The lowest BCUT2D eigenvalue weighted by atomic mass is 10.0. The van der Waals surface area contributed by atoms with E-state index in [2.05, 4.69) is 105 Å². The molecule has 0 aromatic rings. The van der Waals surface area contributed by atoms with Gasteiger partial charge in [-0.1, -0.05) is 247 Å². The van der Waals surface area contributed by atoms with Gasteiger partial charge < -0.3 is 20.3 Å². The fraction of sp³-hybridized carbons (Fsp3) is 0.695. The number of aliphatic hydroxyl groups excluding tert-OH is 2. The van der Waals surface area contributed by atoms with E-state index in [0.29, 0.717) is 19.3 Å². The van der Waals surface area contributed by atoms with E-state index < -0.39 is 18.2 Å². The first-order valence-electron chi connectivity index (χ1n) is 27.0. The van der Waals surface area contributed by atoms with Crippen LogP contribution in [0.25, 0.3) is 0 Å². The Morgan fingerprint density at radius 1 is 0.477 bits per heavy atom. The molecule has 3 atom stereocenters. The Labute approximate surface area is 401 Å². The maximum atomic E-state index is 13.2. The van der Waals surface area contributed by atoms with Crippen molar-refractivity contribution < 1.29 is 24.5 Å². The normalized spacial score (nSPS) is 14.0. The summed E-state index contributed by atoms with van der Waals surface area (Å²) in [7, 11) is 0. The van der Waals surface area contributed by atoms with Crippen LogP contribution in [0.15, 0.2) is 97.2 Å². The summed E-state index contributed by atoms with van der Waals surface area (Å²) in [6, 6.07) is -0.759. The molecule has 0 saturated carbocycles. The molecule has 0 spiro atoms. The number of amides is 1. The number of esters is 1. The van der Waals surface area contributed by atoms with Gasteiger partial charge in [0.05, 0.1) is 25.2 Å². The van der Waals surface area contributed by atoms with E-state index in [9.17, 15) is 19.8 Å². The van der Waals surface area contributed by atoms with Crippen LogP contribution in [-0.4, -0.2) is 46.9 Å². The van der Waals surface area contributed by atoms with Crippen molar-refractivity contribution in [3.8, 4) is 0 Å². The molecule has 6 nitrogen and oxygen atoms in total. The summed E-state index contributed by atoms with van der Waals surface area (Å²) >= 11 is 0. The van der Waals surface area contributed by atoms with Crippen molar-refractivity contribution in [3.05, 3.63) is 97.2 Å². The molecule has 0 rings (SSSR count). The highest BCUT2D eigenvalue weighted by atomic mass is 16.5. The molecule has 0 aliphatic heterocycles. The lowest BCUT2D eigenvalue weighted by Gasteiger charge is -2.23. The summed E-state index contributed by atoms with van der Waals surface area (Å²) in [5.74, 6) is -0.715. The Hall–Kier alpha value is -3.22. The molecule has 0 aromatic heterocycles. The lowest BCUT2D eigenvalue weighted by molar-refractivity contribution is -0.148. The Kier molecular flexibility index (Phi) is 49.2. The number of allylic oxidation sites excluding steroid dienone is 15. The molecular weight excluding hydrogens is 803 g/mol. The smallest absolute Gasteiger partial charge is 0.306 e. The van der Waals surface area contributed by atoms with Crippen molar-refractivity contribution in [2.45, 2.75) is 257 Å². The van der Waals surface area contributed by atoms with Crippen molar-refractivity contribution in [1.82, 2.24) is 5.32 Å². The molecule has 0 radical (unpaired) electrons. The quantitative estimate of drug-likeness (QED) is 0.0321. The first-order valence-corrected chi connectivity index (χ1v) is 27.0. The van der Waals surface area contributed by atoms with Gasteiger partial charge in [-0.25, -0.2) is 0 Å². The third-order valence-corrected chi connectivity index (χ3v) is 11.7. The van der Waals surface area contributed by atoms with Crippen LogP contribution in [0.2, 0.25) is 0 Å². The minimum Gasteiger partial charge on any atom is -0.458 e. The summed E-state index contributed by atoms with van der Waals surface area (Å²) in [6.45, 7) is 6.31. The fourth-order valence-corrected chi connectivity index (χ4v) is 7.60. The summed E-state index contributed by atoms with van der Waals surface area (Å²) < 4.78 is 5.79. The van der Waals surface area contributed by atoms with Crippen molar-refractivity contribution in [2.75, 3.05) is 6.61 Å². The molecule has 3 N–H and O–H groups in total. The highest BCUT2D eigenvalue weighted by Crippen LogP contribution is 2.16. The Morgan fingerprint density at radius 2 is 0.862 bits per heavy atom. The molecule has 1 amide bonds. The Morgan fingerprint density at radius 3 is 1.31 bits per heavy atom. The number of unbranched alkanes of at least 4 members (excludes halogenated alkanes) is 21. The molecule has 6 heteroatoms. The maximum absolute atomic E-state index is 13.2. The number of rotatable bonds is 47. The van der Waals surface area contributed by atoms with Gasteiger partial charge in [0.1, 0.15) is 6.10 Å². The van der Waals surface area contributed by atoms with Gasteiger partial charge >= 0.3 is 5.97 Å². The minimum atomic E-state index is -0.834. The van der Waals surface area contributed by atoms with Crippen LogP contribution in [0.5, 0.6) is 0 Å². The largest absolute Gasteiger partial charge is 0.458 e. The van der Waals surface area contributed by atoms with Crippen molar-refractivity contribution >= 4 is 11.9 Å². The van der Waals surface area contributed by atoms with Gasteiger partial charge in [0.15, 0.2) is 0 Å². The first kappa shape index (κ1) is 61.8. The predicted molar refractivity (Wildman–Crippen MR) is 282 cm³/mol. The van der Waals surface area contributed by atoms with Crippen LogP contribution in [0.1, 0.15) is 239 Å². The van der Waals surface area contributed by atoms with Gasteiger partial charge in [-0.15, -0.1) is 0 Å². The van der Waals surface area contributed by atoms with Gasteiger partial charge in [-0.05, 0) is 76.7 Å². The summed E-state index contributed by atoms with van der Waals surface area (Å²) in [4.78, 5) is 26.1.